The first kappa shape index (κ1) is 48.9. The second kappa shape index (κ2) is 18.5. The van der Waals surface area contributed by atoms with E-state index in [1.807, 2.05) is 0 Å². The van der Waals surface area contributed by atoms with Crippen LogP contribution in [0.3, 0.4) is 0 Å². The third-order valence-corrected chi connectivity index (χ3v) is 11.4. The van der Waals surface area contributed by atoms with Gasteiger partial charge in [-0.2, -0.15) is 52.7 Å². The molecule has 0 bridgehead atoms. The van der Waals surface area contributed by atoms with Gasteiger partial charge in [0, 0.05) is 5.30 Å². The van der Waals surface area contributed by atoms with Crippen LogP contribution in [0.4, 0.5) is 52.7 Å². The number of rotatable bonds is 13. The van der Waals surface area contributed by atoms with Crippen LogP contribution < -0.4 is 34.9 Å². The second-order valence-electron chi connectivity index (χ2n) is 15.5. The molecule has 0 spiro atoms. The third-order valence-electron chi connectivity index (χ3n) is 8.89. The molecule has 63 heavy (non-hydrogen) atoms. The molecule has 0 saturated carbocycles. The molecule has 0 radical (unpaired) electrons. The minimum absolute atomic E-state index is 0.0581. The highest BCUT2D eigenvalue weighted by Crippen LogP contribution is 2.51. The maximum atomic E-state index is 14.7. The molecule has 5 aromatic rings. The molecular formula is C46H43F12O4P. The molecular weight excluding hydrogens is 875 g/mol. The second-order valence-corrected chi connectivity index (χ2v) is 17.6. The lowest BCUT2D eigenvalue weighted by Crippen LogP contribution is -2.28. The van der Waals surface area contributed by atoms with E-state index in [2.05, 4.69) is 0 Å². The van der Waals surface area contributed by atoms with Gasteiger partial charge in [-0.15, -0.1) is 0 Å². The van der Waals surface area contributed by atoms with E-state index in [1.54, 1.807) is 67.5 Å². The molecule has 0 saturated heterocycles. The molecule has 0 fully saturated rings. The van der Waals surface area contributed by atoms with E-state index >= 15 is 0 Å². The predicted octanol–water partition coefficient (Wildman–Crippen LogP) is 14.0. The number of alkyl halides is 12. The summed E-state index contributed by atoms with van der Waals surface area (Å²) < 4.78 is 201. The molecule has 0 aliphatic heterocycles. The number of hydrogen-bond acceptors (Lipinski definition) is 4. The van der Waals surface area contributed by atoms with E-state index in [0.717, 1.165) is 0 Å². The molecule has 0 N–H and O–H groups in total. The van der Waals surface area contributed by atoms with E-state index < -0.39 is 89.9 Å². The van der Waals surface area contributed by atoms with Crippen molar-refractivity contribution in [3.8, 4) is 45.3 Å². The summed E-state index contributed by atoms with van der Waals surface area (Å²) in [4.78, 5) is 0. The van der Waals surface area contributed by atoms with Crippen LogP contribution in [0, 0.1) is 0 Å². The lowest BCUT2D eigenvalue weighted by Gasteiger charge is -2.30. The third kappa shape index (κ3) is 11.7. The number of hydrogen-bond donors (Lipinski definition) is 0. The van der Waals surface area contributed by atoms with Crippen molar-refractivity contribution in [2.24, 2.45) is 0 Å². The van der Waals surface area contributed by atoms with Crippen LogP contribution >= 0.6 is 7.92 Å². The quantitative estimate of drug-likeness (QED) is 0.0871. The highest BCUT2D eigenvalue weighted by molar-refractivity contribution is 7.80. The lowest BCUT2D eigenvalue weighted by molar-refractivity contribution is -0.144. The van der Waals surface area contributed by atoms with Gasteiger partial charge >= 0.3 is 24.7 Å². The van der Waals surface area contributed by atoms with Gasteiger partial charge in [0.05, 0.1) is 57.8 Å². The molecule has 5 aromatic carbocycles. The Morgan fingerprint density at radius 3 is 0.825 bits per heavy atom. The Morgan fingerprint density at radius 2 is 0.603 bits per heavy atom. The maximum Gasteiger partial charge on any atom is 0.416 e. The average Bonchev–Trinajstić information content (AvgIpc) is 3.13. The zero-order chi connectivity index (χ0) is 47.0. The molecule has 0 atom stereocenters. The minimum atomic E-state index is -5.46. The van der Waals surface area contributed by atoms with Gasteiger partial charge in [0.2, 0.25) is 0 Å². The summed E-state index contributed by atoms with van der Waals surface area (Å²) >= 11 is 0. The Bertz CT molecular complexity index is 2120. The van der Waals surface area contributed by atoms with Gasteiger partial charge in [-0.3, -0.25) is 0 Å². The van der Waals surface area contributed by atoms with Crippen molar-refractivity contribution >= 4 is 23.8 Å². The van der Waals surface area contributed by atoms with E-state index in [9.17, 15) is 52.7 Å². The molecule has 0 amide bonds. The maximum absolute atomic E-state index is 14.7. The summed E-state index contributed by atoms with van der Waals surface area (Å²) in [5.41, 5.74) is -7.38. The van der Waals surface area contributed by atoms with Crippen LogP contribution in [-0.2, 0) is 24.7 Å². The van der Waals surface area contributed by atoms with Crippen molar-refractivity contribution in [1.29, 1.82) is 0 Å². The van der Waals surface area contributed by atoms with Crippen LogP contribution in [0.25, 0.3) is 22.3 Å². The summed E-state index contributed by atoms with van der Waals surface area (Å²) in [6, 6.07) is 14.3. The van der Waals surface area contributed by atoms with Gasteiger partial charge < -0.3 is 18.9 Å². The Morgan fingerprint density at radius 1 is 0.365 bits per heavy atom. The number of ether oxygens (including phenoxy) is 4. The SMILES string of the molecule is CC(C)Oc1cccc(OC(C)C)c1-c1cccc(-c2c(OC(C)C)cccc2OC(C)C)c1P(c1cc(C(F)(F)F)cc(C(F)(F)F)c1)c1cc(C(F)(F)F)cc(C(F)(F)F)c1. The largest absolute Gasteiger partial charge is 0.490 e. The molecule has 0 unspecified atom stereocenters. The van der Waals surface area contributed by atoms with Gasteiger partial charge in [0.1, 0.15) is 23.0 Å². The molecule has 0 aliphatic carbocycles. The normalized spacial score (nSPS) is 12.8. The molecule has 0 aliphatic rings. The van der Waals surface area contributed by atoms with Crippen LogP contribution in [0.15, 0.2) is 91.0 Å². The Kier molecular flexibility index (Phi) is 14.4. The Labute approximate surface area is 357 Å². The molecule has 17 heteroatoms. The molecule has 340 valence electrons. The summed E-state index contributed by atoms with van der Waals surface area (Å²) in [7, 11) is -3.34. The zero-order valence-corrected chi connectivity index (χ0v) is 36.0. The van der Waals surface area contributed by atoms with Crippen molar-refractivity contribution in [3.05, 3.63) is 113 Å². The fourth-order valence-corrected chi connectivity index (χ4v) is 9.43. The number of halogens is 12. The Hall–Kier alpha value is -5.11. The van der Waals surface area contributed by atoms with Crippen molar-refractivity contribution < 1.29 is 71.6 Å². The van der Waals surface area contributed by atoms with Crippen LogP contribution in [-0.4, -0.2) is 24.4 Å². The predicted molar refractivity (Wildman–Crippen MR) is 219 cm³/mol. The zero-order valence-electron chi connectivity index (χ0n) is 35.1. The first-order valence-electron chi connectivity index (χ1n) is 19.5. The van der Waals surface area contributed by atoms with Gasteiger partial charge in [-0.25, -0.2) is 0 Å². The van der Waals surface area contributed by atoms with Crippen molar-refractivity contribution in [1.82, 2.24) is 0 Å². The van der Waals surface area contributed by atoms with Crippen LogP contribution in [0.1, 0.15) is 77.6 Å². The summed E-state index contributed by atoms with van der Waals surface area (Å²) in [5, 5.41) is -2.03. The van der Waals surface area contributed by atoms with Gasteiger partial charge in [0.25, 0.3) is 0 Å². The van der Waals surface area contributed by atoms with Gasteiger partial charge in [-0.1, -0.05) is 30.3 Å². The molecule has 0 aromatic heterocycles. The standard InChI is InChI=1S/C46H43F12O4P/c1-24(2)59-36-14-10-15-37(60-25(3)4)40(36)34-12-9-13-35(41-38(61-26(5)6)16-11-17-39(41)62-27(7)8)42(34)63(32-20-28(43(47,48)49)18-29(21-32)44(50,51)52)33-22-30(45(53,54)55)19-31(23-33)46(56,57)58/h9-27H,1-8H3. The van der Waals surface area contributed by atoms with E-state index in [4.69, 9.17) is 18.9 Å². The first-order chi connectivity index (χ1) is 29.1. The monoisotopic (exact) mass is 918 g/mol. The molecule has 4 nitrogen and oxygen atoms in total. The highest BCUT2D eigenvalue weighted by atomic mass is 31.1. The van der Waals surface area contributed by atoms with E-state index in [-0.39, 0.29) is 62.7 Å². The summed E-state index contributed by atoms with van der Waals surface area (Å²) in [6.45, 7) is 13.3. The highest BCUT2D eigenvalue weighted by Gasteiger charge is 2.42. The Balaban J connectivity index is 2.19. The van der Waals surface area contributed by atoms with E-state index in [0.29, 0.717) is 24.3 Å². The smallest absolute Gasteiger partial charge is 0.416 e. The van der Waals surface area contributed by atoms with Gasteiger partial charge in [0.15, 0.2) is 0 Å². The van der Waals surface area contributed by atoms with Crippen molar-refractivity contribution in [2.75, 3.05) is 0 Å². The minimum Gasteiger partial charge on any atom is -0.490 e. The van der Waals surface area contributed by atoms with E-state index in [1.165, 1.54) is 42.5 Å². The fraction of sp³-hybridized carbons (Fsp3) is 0.348. The van der Waals surface area contributed by atoms with Crippen LogP contribution in [0.2, 0.25) is 0 Å². The van der Waals surface area contributed by atoms with Crippen molar-refractivity contribution in [3.63, 3.8) is 0 Å². The summed E-state index contributed by atoms with van der Waals surface area (Å²) in [5.74, 6) is 0.285. The topological polar surface area (TPSA) is 36.9 Å². The van der Waals surface area contributed by atoms with Crippen molar-refractivity contribution in [2.45, 2.75) is 105 Å². The molecule has 5 rings (SSSR count). The fourth-order valence-electron chi connectivity index (χ4n) is 6.69. The van der Waals surface area contributed by atoms with Crippen LogP contribution in [0.5, 0.6) is 23.0 Å². The average molecular weight is 919 g/mol. The first-order valence-corrected chi connectivity index (χ1v) is 20.9. The lowest BCUT2D eigenvalue weighted by atomic mass is 9.96. The summed E-state index contributed by atoms with van der Waals surface area (Å²) in [6.07, 6.45) is -24.1. The molecule has 0 heterocycles. The number of benzene rings is 5. The van der Waals surface area contributed by atoms with Gasteiger partial charge in [-0.05, 0) is 146 Å².